The second kappa shape index (κ2) is 11.0. The number of guanidine groups is 1. The molecule has 0 atom stereocenters. The molecule has 0 bridgehead atoms. The number of nitrogens with one attached hydrogen (secondary N) is 1. The van der Waals surface area contributed by atoms with E-state index in [1.807, 2.05) is 27.8 Å². The van der Waals surface area contributed by atoms with Crippen LogP contribution in [-0.2, 0) is 16.8 Å². The Morgan fingerprint density at radius 2 is 1.86 bits per heavy atom. The van der Waals surface area contributed by atoms with E-state index in [1.54, 1.807) is 18.2 Å². The molecule has 0 amide bonds. The monoisotopic (exact) mass is 533 g/mol. The third-order valence-corrected chi connectivity index (χ3v) is 7.38. The minimum Gasteiger partial charge on any atom is -0.370 e. The smallest absolute Gasteiger partial charge is 0.230 e. The second-order valence-corrected chi connectivity index (χ2v) is 10.0. The maximum Gasteiger partial charge on any atom is 0.230 e. The summed E-state index contributed by atoms with van der Waals surface area (Å²) in [4.78, 5) is 6.70. The van der Waals surface area contributed by atoms with Crippen LogP contribution in [0.15, 0.2) is 53.8 Å². The number of aromatic nitrogens is 2. The van der Waals surface area contributed by atoms with Crippen LogP contribution in [0.5, 0.6) is 0 Å². The number of likely N-dealkylation sites (tertiary alicyclic amines) is 1. The lowest BCUT2D eigenvalue weighted by Gasteiger charge is -2.33. The number of hydrogen-bond donors (Lipinski definition) is 3. The Kier molecular flexibility index (Phi) is 8.04. The van der Waals surface area contributed by atoms with Crippen LogP contribution in [0, 0.1) is 5.82 Å². The van der Waals surface area contributed by atoms with Gasteiger partial charge in [0, 0.05) is 30.4 Å². The number of halogens is 3. The summed E-state index contributed by atoms with van der Waals surface area (Å²) in [6.07, 6.45) is 3.46. The Labute approximate surface area is 220 Å². The maximum atomic E-state index is 13.7. The number of hydrogen-bond acceptors (Lipinski definition) is 5. The molecule has 4 rings (SSSR count). The number of hydrazine groups is 1. The molecule has 1 aliphatic rings. The highest BCUT2D eigenvalue weighted by molar-refractivity contribution is 6.42. The van der Waals surface area contributed by atoms with Crippen LogP contribution < -0.4 is 17.1 Å². The fourth-order valence-corrected chi connectivity index (χ4v) is 4.78. The Bertz CT molecular complexity index is 1220. The average molecular weight is 534 g/mol. The Balaban J connectivity index is 1.60. The van der Waals surface area contributed by atoms with E-state index in [4.69, 9.17) is 44.6 Å². The Morgan fingerprint density at radius 1 is 1.17 bits per heavy atom. The number of hydrazone groups is 1. The van der Waals surface area contributed by atoms with Gasteiger partial charge in [-0.3, -0.25) is 9.99 Å². The fourth-order valence-electron chi connectivity index (χ4n) is 4.48. The number of nitrogens with two attached hydrogens (primary N) is 2. The molecule has 8 nitrogen and oxygen atoms in total. The van der Waals surface area contributed by atoms with Crippen LogP contribution in [0.1, 0.15) is 43.8 Å². The van der Waals surface area contributed by atoms with Crippen LogP contribution in [0.3, 0.4) is 0 Å². The molecule has 1 saturated heterocycles. The topological polar surface area (TPSA) is 107 Å². The zero-order valence-corrected chi connectivity index (χ0v) is 21.7. The van der Waals surface area contributed by atoms with Gasteiger partial charge in [0.15, 0.2) is 0 Å². The predicted molar refractivity (Wildman–Crippen MR) is 140 cm³/mol. The van der Waals surface area contributed by atoms with E-state index in [2.05, 4.69) is 24.4 Å². The summed E-state index contributed by atoms with van der Waals surface area (Å²) < 4.78 is 22.0. The lowest BCUT2D eigenvalue weighted by Crippen LogP contribution is -2.49. The van der Waals surface area contributed by atoms with Gasteiger partial charge in [0.25, 0.3) is 0 Å². The van der Waals surface area contributed by atoms with Crippen molar-refractivity contribution in [2.45, 2.75) is 44.8 Å². The number of nitrogens with zero attached hydrogens (tertiary/aromatic N) is 4. The van der Waals surface area contributed by atoms with Gasteiger partial charge in [-0.15, -0.1) is 5.10 Å². The van der Waals surface area contributed by atoms with Crippen molar-refractivity contribution in [3.63, 3.8) is 0 Å². The molecule has 5 N–H and O–H groups in total. The van der Waals surface area contributed by atoms with E-state index in [0.717, 1.165) is 35.6 Å². The summed E-state index contributed by atoms with van der Waals surface area (Å²) in [6, 6.07) is 12.0. The van der Waals surface area contributed by atoms with Gasteiger partial charge in [-0.25, -0.2) is 15.2 Å². The first kappa shape index (κ1) is 26.2. The molecule has 2 heterocycles. The van der Waals surface area contributed by atoms with Crippen molar-refractivity contribution in [2.75, 3.05) is 13.1 Å². The van der Waals surface area contributed by atoms with E-state index in [9.17, 15) is 4.39 Å². The SMILES string of the molecule is CC(C)(c1ccc(Cl)c(Cl)c1)c1cnc(COC2CCN(/C(=N/N)NN)CC2)n1-c1ccc(F)cc1. The first-order chi connectivity index (χ1) is 17.2. The van der Waals surface area contributed by atoms with Gasteiger partial charge < -0.3 is 15.5 Å². The third-order valence-electron chi connectivity index (χ3n) is 6.64. The maximum absolute atomic E-state index is 13.7. The van der Waals surface area contributed by atoms with Crippen molar-refractivity contribution in [3.05, 3.63) is 81.6 Å². The van der Waals surface area contributed by atoms with Crippen molar-refractivity contribution in [3.8, 4) is 5.69 Å². The molecule has 2 aromatic carbocycles. The predicted octanol–water partition coefficient (Wildman–Crippen LogP) is 4.32. The number of imidazole rings is 1. The van der Waals surface area contributed by atoms with Crippen LogP contribution in [-0.4, -0.2) is 39.6 Å². The molecule has 0 aliphatic carbocycles. The number of ether oxygens (including phenoxy) is 1. The van der Waals surface area contributed by atoms with Gasteiger partial charge in [-0.2, -0.15) is 0 Å². The van der Waals surface area contributed by atoms with Crippen molar-refractivity contribution in [2.24, 2.45) is 16.8 Å². The fraction of sp³-hybridized carbons (Fsp3) is 0.360. The summed E-state index contributed by atoms with van der Waals surface area (Å²) >= 11 is 12.5. The van der Waals surface area contributed by atoms with Crippen LogP contribution >= 0.6 is 23.2 Å². The van der Waals surface area contributed by atoms with E-state index >= 15 is 0 Å². The highest BCUT2D eigenvalue weighted by Crippen LogP contribution is 2.36. The summed E-state index contributed by atoms with van der Waals surface area (Å²) in [6.45, 7) is 5.91. The van der Waals surface area contributed by atoms with Gasteiger partial charge in [0.05, 0.1) is 21.8 Å². The second-order valence-electron chi connectivity index (χ2n) is 9.22. The van der Waals surface area contributed by atoms with E-state index < -0.39 is 5.41 Å². The van der Waals surface area contributed by atoms with E-state index in [0.29, 0.717) is 35.7 Å². The third kappa shape index (κ3) is 5.44. The molecule has 36 heavy (non-hydrogen) atoms. The molecule has 11 heteroatoms. The van der Waals surface area contributed by atoms with Gasteiger partial charge in [-0.1, -0.05) is 43.1 Å². The lowest BCUT2D eigenvalue weighted by molar-refractivity contribution is 0.00430. The first-order valence-corrected chi connectivity index (χ1v) is 12.4. The van der Waals surface area contributed by atoms with Gasteiger partial charge in [0.2, 0.25) is 5.96 Å². The van der Waals surface area contributed by atoms with Crippen LogP contribution in [0.25, 0.3) is 5.69 Å². The van der Waals surface area contributed by atoms with Crippen LogP contribution in [0.2, 0.25) is 10.0 Å². The summed E-state index contributed by atoms with van der Waals surface area (Å²) in [5.41, 5.74) is 4.72. The van der Waals surface area contributed by atoms with Gasteiger partial charge in [0.1, 0.15) is 18.2 Å². The molecule has 192 valence electrons. The number of rotatable bonds is 6. The summed E-state index contributed by atoms with van der Waals surface area (Å²) in [5.74, 6) is 11.7. The van der Waals surface area contributed by atoms with Gasteiger partial charge >= 0.3 is 0 Å². The molecule has 1 aromatic heterocycles. The zero-order valence-electron chi connectivity index (χ0n) is 20.2. The van der Waals surface area contributed by atoms with Crippen molar-refractivity contribution >= 4 is 29.2 Å². The molecule has 3 aromatic rings. The van der Waals surface area contributed by atoms with Crippen molar-refractivity contribution in [1.29, 1.82) is 0 Å². The Hall–Kier alpha value is -2.85. The van der Waals surface area contributed by atoms with Crippen LogP contribution in [0.4, 0.5) is 4.39 Å². The van der Waals surface area contributed by atoms with Crippen molar-refractivity contribution in [1.82, 2.24) is 19.9 Å². The minimum atomic E-state index is -0.480. The summed E-state index contributed by atoms with van der Waals surface area (Å²) in [5, 5.41) is 4.65. The highest BCUT2D eigenvalue weighted by Gasteiger charge is 2.30. The standard InChI is InChI=1S/C25H30Cl2FN7O/c1-25(2,16-3-8-20(26)21(27)13-16)22-14-31-23(35(22)18-6-4-17(28)5-7-18)15-36-19-9-11-34(12-10-19)24(32-29)33-30/h3-8,13-14,19H,9-12,15,29-30H2,1-2H3,(H,32,33). The first-order valence-electron chi connectivity index (χ1n) is 11.6. The molecule has 1 aliphatic heterocycles. The molecule has 1 fully saturated rings. The molecular weight excluding hydrogens is 504 g/mol. The summed E-state index contributed by atoms with van der Waals surface area (Å²) in [7, 11) is 0. The molecule has 0 radical (unpaired) electrons. The quantitative estimate of drug-likeness (QED) is 0.188. The van der Waals surface area contributed by atoms with Crippen molar-refractivity contribution < 1.29 is 9.13 Å². The molecular formula is C25H30Cl2FN7O. The van der Waals surface area contributed by atoms with E-state index in [1.165, 1.54) is 12.1 Å². The highest BCUT2D eigenvalue weighted by atomic mass is 35.5. The zero-order chi connectivity index (χ0) is 25.9. The Morgan fingerprint density at radius 3 is 2.47 bits per heavy atom. The van der Waals surface area contributed by atoms with Gasteiger partial charge in [-0.05, 0) is 54.8 Å². The molecule has 0 saturated carbocycles. The normalized spacial score (nSPS) is 15.4. The lowest BCUT2D eigenvalue weighted by atomic mass is 9.81. The number of piperidine rings is 1. The largest absolute Gasteiger partial charge is 0.370 e. The molecule has 0 spiro atoms. The van der Waals surface area contributed by atoms with E-state index in [-0.39, 0.29) is 11.9 Å². The molecule has 0 unspecified atom stereocenters. The average Bonchev–Trinajstić information content (AvgIpc) is 3.31. The minimum absolute atomic E-state index is 0.0444. The number of benzene rings is 2.